The van der Waals surface area contributed by atoms with Crippen molar-refractivity contribution in [2.75, 3.05) is 20.7 Å². The largest absolute Gasteiger partial charge is 0.508 e. The molecule has 0 radical (unpaired) electrons. The fourth-order valence-electron chi connectivity index (χ4n) is 3.61. The number of hydrogen-bond acceptors (Lipinski definition) is 5. The predicted octanol–water partition coefficient (Wildman–Crippen LogP) is 3.67. The highest BCUT2D eigenvalue weighted by atomic mass is 16.5. The fourth-order valence-corrected chi connectivity index (χ4v) is 3.61. The molecule has 1 aromatic heterocycles. The average Bonchev–Trinajstić information content (AvgIpc) is 3.13. The van der Waals surface area contributed by atoms with E-state index in [9.17, 15) is 14.7 Å². The van der Waals surface area contributed by atoms with Gasteiger partial charge in [0.05, 0.1) is 16.8 Å². The van der Waals surface area contributed by atoms with Crippen molar-refractivity contribution in [3.63, 3.8) is 0 Å². The lowest BCUT2D eigenvalue weighted by Gasteiger charge is -2.14. The molecule has 0 atom stereocenters. The summed E-state index contributed by atoms with van der Waals surface area (Å²) in [6.07, 6.45) is 3.44. The van der Waals surface area contributed by atoms with Crippen LogP contribution >= 0.6 is 0 Å². The number of para-hydroxylation sites is 1. The van der Waals surface area contributed by atoms with Gasteiger partial charge in [-0.05, 0) is 53.8 Å². The van der Waals surface area contributed by atoms with E-state index in [4.69, 9.17) is 9.72 Å². The smallest absolute Gasteiger partial charge is 0.339 e. The van der Waals surface area contributed by atoms with Gasteiger partial charge in [-0.15, -0.1) is 0 Å². The van der Waals surface area contributed by atoms with E-state index < -0.39 is 5.97 Å². The Morgan fingerprint density at radius 1 is 1.10 bits per heavy atom. The molecule has 30 heavy (non-hydrogen) atoms. The number of carbonyl (C=O) groups is 2. The second-order valence-electron chi connectivity index (χ2n) is 7.46. The van der Waals surface area contributed by atoms with Gasteiger partial charge >= 0.3 is 5.97 Å². The molecule has 3 aromatic rings. The van der Waals surface area contributed by atoms with Crippen LogP contribution in [-0.2, 0) is 16.0 Å². The van der Waals surface area contributed by atoms with E-state index in [2.05, 4.69) is 0 Å². The normalized spacial score (nSPS) is 14.0. The number of ether oxygens (including phenoxy) is 1. The summed E-state index contributed by atoms with van der Waals surface area (Å²) in [5, 5.41) is 10.2. The van der Waals surface area contributed by atoms with Crippen molar-refractivity contribution >= 4 is 34.4 Å². The molecule has 2 aromatic carbocycles. The second kappa shape index (κ2) is 7.99. The standard InChI is InChI=1S/C24H22N2O4/c1-26(2)21(28)14-30-24(29)22-18-5-3-4-6-20(18)25-23-16(9-12-19(22)23)13-15-7-10-17(27)11-8-15/h3-8,10-11,13,27H,9,12,14H2,1-2H3/b16-13-. The van der Waals surface area contributed by atoms with E-state index in [1.165, 1.54) is 4.90 Å². The summed E-state index contributed by atoms with van der Waals surface area (Å²) in [6.45, 7) is -0.298. The van der Waals surface area contributed by atoms with E-state index in [1.54, 1.807) is 26.2 Å². The maximum atomic E-state index is 13.0. The van der Waals surface area contributed by atoms with Crippen molar-refractivity contribution in [1.82, 2.24) is 9.88 Å². The van der Waals surface area contributed by atoms with Crippen molar-refractivity contribution in [1.29, 1.82) is 0 Å². The van der Waals surface area contributed by atoms with Crippen LogP contribution in [0.3, 0.4) is 0 Å². The first kappa shape index (κ1) is 19.6. The summed E-state index contributed by atoms with van der Waals surface area (Å²) >= 11 is 0. The van der Waals surface area contributed by atoms with Crippen molar-refractivity contribution in [2.24, 2.45) is 0 Å². The number of allylic oxidation sites excluding steroid dienone is 1. The maximum absolute atomic E-state index is 13.0. The number of carbonyl (C=O) groups excluding carboxylic acids is 2. The van der Waals surface area contributed by atoms with Crippen molar-refractivity contribution in [2.45, 2.75) is 12.8 Å². The molecular weight excluding hydrogens is 380 g/mol. The minimum Gasteiger partial charge on any atom is -0.508 e. The van der Waals surface area contributed by atoms with Gasteiger partial charge in [-0.3, -0.25) is 4.79 Å². The zero-order chi connectivity index (χ0) is 21.3. The van der Waals surface area contributed by atoms with Crippen LogP contribution < -0.4 is 0 Å². The van der Waals surface area contributed by atoms with Crippen LogP contribution in [-0.4, -0.2) is 47.6 Å². The number of nitrogens with zero attached hydrogens (tertiary/aromatic N) is 2. The lowest BCUT2D eigenvalue weighted by atomic mass is 10.0. The zero-order valence-electron chi connectivity index (χ0n) is 16.9. The average molecular weight is 402 g/mol. The van der Waals surface area contributed by atoms with Crippen LogP contribution in [0, 0.1) is 0 Å². The number of likely N-dealkylation sites (N-methyl/N-ethyl adjacent to an activating group) is 1. The van der Waals surface area contributed by atoms with Gasteiger partial charge in [0.25, 0.3) is 5.91 Å². The third kappa shape index (κ3) is 3.76. The number of phenols is 1. The highest BCUT2D eigenvalue weighted by molar-refractivity contribution is 6.07. The van der Waals surface area contributed by atoms with Crippen molar-refractivity contribution in [3.05, 3.63) is 70.9 Å². The summed E-state index contributed by atoms with van der Waals surface area (Å²) in [7, 11) is 3.24. The molecule has 6 heteroatoms. The minimum atomic E-state index is -0.508. The molecule has 1 heterocycles. The SMILES string of the molecule is CN(C)C(=O)COC(=O)c1c2c(nc3ccccc13)/C(=C\c1ccc(O)cc1)CC2. The quantitative estimate of drug-likeness (QED) is 0.674. The number of pyridine rings is 1. The maximum Gasteiger partial charge on any atom is 0.339 e. The number of benzene rings is 2. The van der Waals surface area contributed by atoms with Crippen LogP contribution in [0.2, 0.25) is 0 Å². The fraction of sp³-hybridized carbons (Fsp3) is 0.208. The Morgan fingerprint density at radius 2 is 1.83 bits per heavy atom. The third-order valence-corrected chi connectivity index (χ3v) is 5.21. The lowest BCUT2D eigenvalue weighted by molar-refractivity contribution is -0.131. The van der Waals surface area contributed by atoms with Crippen molar-refractivity contribution in [3.8, 4) is 5.75 Å². The molecule has 0 unspecified atom stereocenters. The van der Waals surface area contributed by atoms with Gasteiger partial charge in [0.2, 0.25) is 0 Å². The lowest BCUT2D eigenvalue weighted by Crippen LogP contribution is -2.27. The van der Waals surface area contributed by atoms with Gasteiger partial charge in [-0.2, -0.15) is 0 Å². The number of rotatable bonds is 4. The van der Waals surface area contributed by atoms with E-state index in [0.717, 1.165) is 34.2 Å². The molecule has 6 nitrogen and oxygen atoms in total. The third-order valence-electron chi connectivity index (χ3n) is 5.21. The number of phenolic OH excluding ortho intramolecular Hbond substituents is 1. The van der Waals surface area contributed by atoms with Crippen LogP contribution in [0.25, 0.3) is 22.6 Å². The Labute approximate surface area is 174 Å². The number of amides is 1. The molecule has 4 rings (SSSR count). The first-order valence-corrected chi connectivity index (χ1v) is 9.73. The number of aromatic nitrogens is 1. The first-order chi connectivity index (χ1) is 14.4. The molecule has 0 saturated heterocycles. The summed E-state index contributed by atoms with van der Waals surface area (Å²) in [5.41, 5.74) is 4.80. The van der Waals surface area contributed by atoms with E-state index in [1.807, 2.05) is 42.5 Å². The summed E-state index contributed by atoms with van der Waals surface area (Å²) in [4.78, 5) is 31.1. The molecule has 0 spiro atoms. The minimum absolute atomic E-state index is 0.213. The highest BCUT2D eigenvalue weighted by Gasteiger charge is 2.28. The molecule has 0 fully saturated rings. The Morgan fingerprint density at radius 3 is 2.57 bits per heavy atom. The van der Waals surface area contributed by atoms with E-state index in [0.29, 0.717) is 17.5 Å². The highest BCUT2D eigenvalue weighted by Crippen LogP contribution is 2.37. The monoisotopic (exact) mass is 402 g/mol. The topological polar surface area (TPSA) is 79.7 Å². The van der Waals surface area contributed by atoms with Gasteiger partial charge in [0.15, 0.2) is 6.61 Å². The molecule has 0 saturated carbocycles. The van der Waals surface area contributed by atoms with Crippen molar-refractivity contribution < 1.29 is 19.4 Å². The van der Waals surface area contributed by atoms with E-state index in [-0.39, 0.29) is 18.3 Å². The molecule has 0 bridgehead atoms. The molecule has 152 valence electrons. The second-order valence-corrected chi connectivity index (χ2v) is 7.46. The first-order valence-electron chi connectivity index (χ1n) is 9.73. The molecule has 1 N–H and O–H groups in total. The number of fused-ring (bicyclic) bond motifs is 2. The molecule has 1 aliphatic carbocycles. The predicted molar refractivity (Wildman–Crippen MR) is 115 cm³/mol. The van der Waals surface area contributed by atoms with Gasteiger partial charge in [-0.1, -0.05) is 30.3 Å². The summed E-state index contributed by atoms with van der Waals surface area (Å²) < 4.78 is 5.35. The van der Waals surface area contributed by atoms with E-state index >= 15 is 0 Å². The summed E-state index contributed by atoms with van der Waals surface area (Å²) in [5.74, 6) is -0.567. The van der Waals surface area contributed by atoms with Gasteiger partial charge in [0, 0.05) is 19.5 Å². The van der Waals surface area contributed by atoms with Crippen LogP contribution in [0.1, 0.15) is 33.6 Å². The van der Waals surface area contributed by atoms with Crippen LogP contribution in [0.5, 0.6) is 5.75 Å². The number of esters is 1. The molecule has 1 amide bonds. The van der Waals surface area contributed by atoms with Crippen LogP contribution in [0.15, 0.2) is 48.5 Å². The Kier molecular flexibility index (Phi) is 5.23. The van der Waals surface area contributed by atoms with Gasteiger partial charge < -0.3 is 14.7 Å². The van der Waals surface area contributed by atoms with Gasteiger partial charge in [0.1, 0.15) is 5.75 Å². The molecule has 1 aliphatic rings. The van der Waals surface area contributed by atoms with Crippen LogP contribution in [0.4, 0.5) is 0 Å². The Balaban J connectivity index is 1.77. The number of aromatic hydroxyl groups is 1. The Hall–Kier alpha value is -3.67. The Bertz CT molecular complexity index is 1160. The zero-order valence-corrected chi connectivity index (χ0v) is 16.9. The molecule has 0 aliphatic heterocycles. The number of hydrogen-bond donors (Lipinski definition) is 1. The van der Waals surface area contributed by atoms with Gasteiger partial charge in [-0.25, -0.2) is 9.78 Å². The summed E-state index contributed by atoms with van der Waals surface area (Å²) in [6, 6.07) is 14.4. The molecular formula is C24H22N2O4.